The Balaban J connectivity index is 1.32. The summed E-state index contributed by atoms with van der Waals surface area (Å²) in [5.74, 6) is 3.20. The number of benzene rings is 1. The van der Waals surface area contributed by atoms with Gasteiger partial charge in [0.25, 0.3) is 0 Å². The maximum absolute atomic E-state index is 12.4. The molecular weight excluding hydrogens is 432 g/mol. The highest BCUT2D eigenvalue weighted by molar-refractivity contribution is 5.96. The molecule has 0 spiro atoms. The number of carbonyl (C=O) groups excluding carboxylic acids is 1. The van der Waals surface area contributed by atoms with Gasteiger partial charge in [-0.05, 0) is 37.5 Å². The molecule has 34 heavy (non-hydrogen) atoms. The third kappa shape index (κ3) is 8.09. The minimum atomic E-state index is 0.150. The molecule has 0 bridgehead atoms. The number of hydrogen-bond acceptors (Lipinski definition) is 5. The van der Waals surface area contributed by atoms with Gasteiger partial charge in [0.15, 0.2) is 0 Å². The van der Waals surface area contributed by atoms with Crippen LogP contribution in [0.1, 0.15) is 39.2 Å². The smallest absolute Gasteiger partial charge is 0.227 e. The van der Waals surface area contributed by atoms with Crippen molar-refractivity contribution in [2.24, 2.45) is 15.9 Å². The number of hydrogen-bond donors (Lipinski definition) is 0. The van der Waals surface area contributed by atoms with E-state index < -0.39 is 0 Å². The van der Waals surface area contributed by atoms with Crippen molar-refractivity contribution in [3.63, 3.8) is 0 Å². The summed E-state index contributed by atoms with van der Waals surface area (Å²) in [6.07, 6.45) is 2.64. The number of amides is 1. The monoisotopic (exact) mass is 472 g/mol. The fourth-order valence-electron chi connectivity index (χ4n) is 4.20. The fourth-order valence-corrected chi connectivity index (χ4v) is 4.20. The average molecular weight is 473 g/mol. The van der Waals surface area contributed by atoms with Gasteiger partial charge in [0.2, 0.25) is 5.91 Å². The molecule has 0 N–H and O–H groups in total. The van der Waals surface area contributed by atoms with Crippen molar-refractivity contribution < 1.29 is 19.0 Å². The predicted molar refractivity (Wildman–Crippen MR) is 135 cm³/mol. The lowest BCUT2D eigenvalue weighted by molar-refractivity contribution is -0.134. The van der Waals surface area contributed by atoms with Crippen LogP contribution < -0.4 is 4.74 Å². The minimum absolute atomic E-state index is 0.150. The molecule has 2 heterocycles. The quantitative estimate of drug-likeness (QED) is 0.330. The van der Waals surface area contributed by atoms with Gasteiger partial charge in [0, 0.05) is 39.1 Å². The lowest BCUT2D eigenvalue weighted by Crippen LogP contribution is -2.41. The van der Waals surface area contributed by atoms with Crippen LogP contribution in [0.2, 0.25) is 0 Å². The van der Waals surface area contributed by atoms with Crippen LogP contribution in [0.5, 0.6) is 5.75 Å². The molecule has 0 unspecified atom stereocenters. The Hall–Kier alpha value is -2.45. The SMILES string of the molecule is CN=C(N=C(C)N1CCC(OCCOc2ccc(CC(=O)N3CCOCC3)cc2)CC1)C(C)C. The van der Waals surface area contributed by atoms with Crippen molar-refractivity contribution >= 4 is 17.6 Å². The largest absolute Gasteiger partial charge is 0.491 e. The van der Waals surface area contributed by atoms with E-state index >= 15 is 0 Å². The van der Waals surface area contributed by atoms with Crippen molar-refractivity contribution in [3.05, 3.63) is 29.8 Å². The number of ether oxygens (including phenoxy) is 3. The molecule has 0 saturated carbocycles. The predicted octanol–water partition coefficient (Wildman–Crippen LogP) is 3.05. The fraction of sp³-hybridized carbons (Fsp3) is 0.654. The molecule has 0 atom stereocenters. The van der Waals surface area contributed by atoms with Crippen molar-refractivity contribution in [2.45, 2.75) is 46.1 Å². The Bertz CT molecular complexity index is 824. The highest BCUT2D eigenvalue weighted by Gasteiger charge is 2.21. The second-order valence-corrected chi connectivity index (χ2v) is 9.12. The van der Waals surface area contributed by atoms with Crippen LogP contribution >= 0.6 is 0 Å². The molecule has 2 aliphatic heterocycles. The van der Waals surface area contributed by atoms with Gasteiger partial charge < -0.3 is 24.0 Å². The van der Waals surface area contributed by atoms with Gasteiger partial charge in [-0.1, -0.05) is 26.0 Å². The number of likely N-dealkylation sites (tertiary alicyclic amines) is 1. The van der Waals surface area contributed by atoms with E-state index in [1.54, 1.807) is 7.05 Å². The molecule has 2 fully saturated rings. The van der Waals surface area contributed by atoms with E-state index in [4.69, 9.17) is 19.2 Å². The van der Waals surface area contributed by atoms with Gasteiger partial charge in [0.05, 0.1) is 32.3 Å². The van der Waals surface area contributed by atoms with Crippen molar-refractivity contribution in [1.29, 1.82) is 0 Å². The molecule has 1 aromatic carbocycles. The Labute approximate surface area is 204 Å². The summed E-state index contributed by atoms with van der Waals surface area (Å²) in [5.41, 5.74) is 0.997. The number of carbonyl (C=O) groups is 1. The van der Waals surface area contributed by atoms with E-state index in [1.807, 2.05) is 29.2 Å². The molecule has 0 aromatic heterocycles. The van der Waals surface area contributed by atoms with Gasteiger partial charge in [-0.3, -0.25) is 9.79 Å². The number of rotatable bonds is 8. The Morgan fingerprint density at radius 2 is 1.74 bits per heavy atom. The molecule has 8 heteroatoms. The Morgan fingerprint density at radius 1 is 1.06 bits per heavy atom. The molecule has 0 radical (unpaired) electrons. The molecule has 8 nitrogen and oxygen atoms in total. The van der Waals surface area contributed by atoms with Gasteiger partial charge >= 0.3 is 0 Å². The maximum atomic E-state index is 12.4. The van der Waals surface area contributed by atoms with Crippen LogP contribution in [-0.2, 0) is 20.7 Å². The van der Waals surface area contributed by atoms with Gasteiger partial charge in [0.1, 0.15) is 24.0 Å². The highest BCUT2D eigenvalue weighted by Crippen LogP contribution is 2.16. The molecule has 3 rings (SSSR count). The Morgan fingerprint density at radius 3 is 2.35 bits per heavy atom. The summed E-state index contributed by atoms with van der Waals surface area (Å²) in [7, 11) is 1.80. The summed E-state index contributed by atoms with van der Waals surface area (Å²) in [5, 5.41) is 0. The normalized spacial score (nSPS) is 18.5. The molecule has 1 amide bonds. The summed E-state index contributed by atoms with van der Waals surface area (Å²) in [6.45, 7) is 11.9. The lowest BCUT2D eigenvalue weighted by atomic mass is 10.1. The van der Waals surface area contributed by atoms with E-state index in [0.717, 1.165) is 48.9 Å². The summed E-state index contributed by atoms with van der Waals surface area (Å²) >= 11 is 0. The van der Waals surface area contributed by atoms with Crippen molar-refractivity contribution in [2.75, 3.05) is 59.7 Å². The van der Waals surface area contributed by atoms with E-state index in [1.165, 1.54) is 0 Å². The third-order valence-electron chi connectivity index (χ3n) is 6.27. The first-order chi connectivity index (χ1) is 16.5. The number of aliphatic imine (C=N–C) groups is 2. The second kappa shape index (κ2) is 13.4. The summed E-state index contributed by atoms with van der Waals surface area (Å²) in [4.78, 5) is 25.5. The highest BCUT2D eigenvalue weighted by atomic mass is 16.5. The van der Waals surface area contributed by atoms with E-state index in [0.29, 0.717) is 51.9 Å². The van der Waals surface area contributed by atoms with Crippen molar-refractivity contribution in [1.82, 2.24) is 9.80 Å². The molecule has 0 aliphatic carbocycles. The topological polar surface area (TPSA) is 76.0 Å². The van der Waals surface area contributed by atoms with Crippen molar-refractivity contribution in [3.8, 4) is 5.75 Å². The zero-order valence-electron chi connectivity index (χ0n) is 21.2. The molecular formula is C26H40N4O4. The Kier molecular flexibility index (Phi) is 10.3. The first-order valence-corrected chi connectivity index (χ1v) is 12.4. The summed E-state index contributed by atoms with van der Waals surface area (Å²) in [6, 6.07) is 7.77. The number of amidine groups is 2. The zero-order valence-corrected chi connectivity index (χ0v) is 21.2. The van der Waals surface area contributed by atoms with Gasteiger partial charge in [-0.2, -0.15) is 0 Å². The van der Waals surface area contributed by atoms with E-state index in [9.17, 15) is 4.79 Å². The first kappa shape index (κ1) is 26.2. The number of nitrogens with zero attached hydrogens (tertiary/aromatic N) is 4. The molecule has 188 valence electrons. The zero-order chi connectivity index (χ0) is 24.3. The average Bonchev–Trinajstić information content (AvgIpc) is 2.86. The molecule has 1 aromatic rings. The third-order valence-corrected chi connectivity index (χ3v) is 6.27. The van der Waals surface area contributed by atoms with E-state index in [2.05, 4.69) is 30.7 Å². The van der Waals surface area contributed by atoms with E-state index in [-0.39, 0.29) is 12.0 Å². The summed E-state index contributed by atoms with van der Waals surface area (Å²) < 4.78 is 17.2. The van der Waals surface area contributed by atoms with Crippen LogP contribution in [0.15, 0.2) is 34.3 Å². The minimum Gasteiger partial charge on any atom is -0.491 e. The second-order valence-electron chi connectivity index (χ2n) is 9.12. The number of morpholine rings is 1. The van der Waals surface area contributed by atoms with Crippen LogP contribution in [0.25, 0.3) is 0 Å². The van der Waals surface area contributed by atoms with Gasteiger partial charge in [-0.25, -0.2) is 4.99 Å². The standard InChI is InChI=1S/C26H40N4O4/c1-20(2)26(27-4)28-21(3)29-11-9-24(10-12-29)34-18-17-33-23-7-5-22(6-8-23)19-25(31)30-13-15-32-16-14-30/h5-8,20,24H,9-19H2,1-4H3. The molecule has 2 saturated heterocycles. The van der Waals surface area contributed by atoms with Crippen LogP contribution in [0.4, 0.5) is 0 Å². The first-order valence-electron chi connectivity index (χ1n) is 12.4. The maximum Gasteiger partial charge on any atom is 0.227 e. The van der Waals surface area contributed by atoms with Crippen LogP contribution in [0, 0.1) is 5.92 Å². The lowest BCUT2D eigenvalue weighted by Gasteiger charge is -2.33. The number of piperidine rings is 1. The van der Waals surface area contributed by atoms with Crippen LogP contribution in [0.3, 0.4) is 0 Å². The van der Waals surface area contributed by atoms with Gasteiger partial charge in [-0.15, -0.1) is 0 Å². The van der Waals surface area contributed by atoms with Crippen LogP contribution in [-0.4, -0.2) is 93.1 Å². The molecule has 2 aliphatic rings.